The third kappa shape index (κ3) is 3.56. The highest BCUT2D eigenvalue weighted by atomic mass is 28.3. The molecule has 0 radical (unpaired) electrons. The second-order valence-electron chi connectivity index (χ2n) is 5.18. The van der Waals surface area contributed by atoms with Gasteiger partial charge < -0.3 is 5.32 Å². The Kier molecular flexibility index (Phi) is 6.19. The SMILES string of the molecule is CC[Si](CC)(CC)CCNc1c(F)c(F)c(F)c(F)c1F. The molecule has 0 bridgehead atoms. The molecule has 0 saturated heterocycles. The van der Waals surface area contributed by atoms with Crippen molar-refractivity contribution in [3.05, 3.63) is 29.1 Å². The highest BCUT2D eigenvalue weighted by Gasteiger charge is 2.28. The first kappa shape index (κ1) is 17.9. The van der Waals surface area contributed by atoms with E-state index in [1.54, 1.807) is 0 Å². The van der Waals surface area contributed by atoms with Crippen LogP contribution in [0.15, 0.2) is 0 Å². The number of anilines is 1. The fraction of sp³-hybridized carbons (Fsp3) is 0.571. The molecular formula is C14H20F5NSi. The van der Waals surface area contributed by atoms with Crippen LogP contribution in [0.2, 0.25) is 24.2 Å². The first-order valence-electron chi connectivity index (χ1n) is 7.08. The smallest absolute Gasteiger partial charge is 0.200 e. The van der Waals surface area contributed by atoms with Gasteiger partial charge in [-0.1, -0.05) is 38.9 Å². The highest BCUT2D eigenvalue weighted by Crippen LogP contribution is 2.29. The minimum absolute atomic E-state index is 0.208. The molecule has 0 fully saturated rings. The molecule has 0 saturated carbocycles. The Hall–Kier alpha value is -1.11. The molecule has 21 heavy (non-hydrogen) atoms. The summed E-state index contributed by atoms with van der Waals surface area (Å²) >= 11 is 0. The van der Waals surface area contributed by atoms with Crippen LogP contribution >= 0.6 is 0 Å². The molecule has 0 atom stereocenters. The fourth-order valence-corrected chi connectivity index (χ4v) is 5.71. The molecule has 120 valence electrons. The topological polar surface area (TPSA) is 12.0 Å². The van der Waals surface area contributed by atoms with E-state index >= 15 is 0 Å². The highest BCUT2D eigenvalue weighted by molar-refractivity contribution is 6.79. The summed E-state index contributed by atoms with van der Waals surface area (Å²) in [5, 5.41) is 2.39. The van der Waals surface area contributed by atoms with Crippen LogP contribution in [-0.4, -0.2) is 14.6 Å². The standard InChI is InChI=1S/C14H20F5NSi/c1-4-21(5-2,6-3)8-7-20-14-12(18)10(16)9(15)11(17)13(14)19/h20H,4-8H2,1-3H3. The summed E-state index contributed by atoms with van der Waals surface area (Å²) < 4.78 is 66.1. The number of halogens is 5. The predicted molar refractivity (Wildman–Crippen MR) is 76.7 cm³/mol. The number of rotatable bonds is 7. The lowest BCUT2D eigenvalue weighted by Crippen LogP contribution is -2.33. The van der Waals surface area contributed by atoms with Crippen molar-refractivity contribution in [2.24, 2.45) is 0 Å². The lowest BCUT2D eigenvalue weighted by Gasteiger charge is -2.28. The van der Waals surface area contributed by atoms with Crippen LogP contribution < -0.4 is 5.32 Å². The molecule has 0 spiro atoms. The fourth-order valence-electron chi connectivity index (χ4n) is 2.49. The normalized spacial score (nSPS) is 11.8. The van der Waals surface area contributed by atoms with Gasteiger partial charge in [0, 0.05) is 6.54 Å². The molecule has 0 aliphatic heterocycles. The van der Waals surface area contributed by atoms with E-state index in [1.807, 2.05) is 0 Å². The molecule has 0 amide bonds. The van der Waals surface area contributed by atoms with Crippen LogP contribution in [0.1, 0.15) is 20.8 Å². The van der Waals surface area contributed by atoms with Gasteiger partial charge in [-0.05, 0) is 6.04 Å². The van der Waals surface area contributed by atoms with E-state index < -0.39 is 42.8 Å². The number of hydrogen-bond donors (Lipinski definition) is 1. The number of hydrogen-bond acceptors (Lipinski definition) is 1. The molecule has 1 aromatic carbocycles. The molecule has 7 heteroatoms. The maximum absolute atomic E-state index is 13.5. The third-order valence-electron chi connectivity index (χ3n) is 4.42. The Labute approximate surface area is 122 Å². The van der Waals surface area contributed by atoms with Crippen molar-refractivity contribution < 1.29 is 22.0 Å². The zero-order valence-corrected chi connectivity index (χ0v) is 13.4. The minimum Gasteiger partial charge on any atom is -0.380 e. The zero-order chi connectivity index (χ0) is 16.2. The van der Waals surface area contributed by atoms with Crippen LogP contribution in [0.5, 0.6) is 0 Å². The molecule has 1 nitrogen and oxygen atoms in total. The summed E-state index contributed by atoms with van der Waals surface area (Å²) in [6, 6.07) is 3.81. The van der Waals surface area contributed by atoms with E-state index in [4.69, 9.17) is 0 Å². The van der Waals surface area contributed by atoms with Gasteiger partial charge in [-0.2, -0.15) is 0 Å². The Bertz CT molecular complexity index is 465. The van der Waals surface area contributed by atoms with Gasteiger partial charge in [-0.15, -0.1) is 0 Å². The van der Waals surface area contributed by atoms with Crippen LogP contribution in [0.25, 0.3) is 0 Å². The maximum Gasteiger partial charge on any atom is 0.200 e. The third-order valence-corrected chi connectivity index (χ3v) is 10.2. The van der Waals surface area contributed by atoms with Crippen LogP contribution in [0.4, 0.5) is 27.6 Å². The molecule has 1 N–H and O–H groups in total. The second-order valence-corrected chi connectivity index (χ2v) is 10.8. The van der Waals surface area contributed by atoms with Gasteiger partial charge in [0.1, 0.15) is 5.69 Å². The minimum atomic E-state index is -2.13. The Morgan fingerprint density at radius 2 is 1.10 bits per heavy atom. The Balaban J connectivity index is 2.91. The maximum atomic E-state index is 13.5. The van der Waals surface area contributed by atoms with Crippen LogP contribution in [-0.2, 0) is 0 Å². The van der Waals surface area contributed by atoms with Gasteiger partial charge in [-0.3, -0.25) is 0 Å². The van der Waals surface area contributed by atoms with Crippen LogP contribution in [0.3, 0.4) is 0 Å². The molecule has 0 heterocycles. The number of nitrogens with one attached hydrogen (secondary N) is 1. The molecule has 0 unspecified atom stereocenters. The van der Waals surface area contributed by atoms with Gasteiger partial charge in [0.05, 0.1) is 8.07 Å². The first-order valence-corrected chi connectivity index (χ1v) is 9.91. The monoisotopic (exact) mass is 325 g/mol. The first-order chi connectivity index (χ1) is 9.83. The molecule has 0 aromatic heterocycles. The van der Waals surface area contributed by atoms with Crippen molar-refractivity contribution in [3.63, 3.8) is 0 Å². The predicted octanol–water partition coefficient (Wildman–Crippen LogP) is 5.30. The Morgan fingerprint density at radius 1 is 0.714 bits per heavy atom. The van der Waals surface area contributed by atoms with Crippen LogP contribution in [0, 0.1) is 29.1 Å². The van der Waals surface area contributed by atoms with Gasteiger partial charge in [0.2, 0.25) is 5.82 Å². The van der Waals surface area contributed by atoms with Crippen molar-refractivity contribution in [1.82, 2.24) is 0 Å². The van der Waals surface area contributed by atoms with Gasteiger partial charge in [0.15, 0.2) is 23.3 Å². The molecule has 1 aromatic rings. The molecule has 0 aliphatic rings. The lowest BCUT2D eigenvalue weighted by atomic mass is 10.2. The van der Waals surface area contributed by atoms with Crippen molar-refractivity contribution in [2.45, 2.75) is 44.9 Å². The summed E-state index contributed by atoms with van der Waals surface area (Å²) in [6.45, 7) is 6.45. The van der Waals surface area contributed by atoms with E-state index in [1.165, 1.54) is 0 Å². The summed E-state index contributed by atoms with van der Waals surface area (Å²) in [4.78, 5) is 0. The van der Waals surface area contributed by atoms with E-state index in [0.717, 1.165) is 24.2 Å². The summed E-state index contributed by atoms with van der Waals surface area (Å²) in [5.41, 5.74) is -0.933. The van der Waals surface area contributed by atoms with Gasteiger partial charge >= 0.3 is 0 Å². The average molecular weight is 325 g/mol. The van der Waals surface area contributed by atoms with Crippen molar-refractivity contribution in [2.75, 3.05) is 11.9 Å². The molecular weight excluding hydrogens is 305 g/mol. The number of benzene rings is 1. The van der Waals surface area contributed by atoms with Crippen molar-refractivity contribution in [1.29, 1.82) is 0 Å². The largest absolute Gasteiger partial charge is 0.380 e. The van der Waals surface area contributed by atoms with E-state index in [9.17, 15) is 22.0 Å². The Morgan fingerprint density at radius 3 is 1.48 bits per heavy atom. The van der Waals surface area contributed by atoms with E-state index in [-0.39, 0.29) is 6.54 Å². The van der Waals surface area contributed by atoms with Crippen molar-refractivity contribution in [3.8, 4) is 0 Å². The average Bonchev–Trinajstić information content (AvgIpc) is 2.51. The zero-order valence-electron chi connectivity index (χ0n) is 12.4. The summed E-state index contributed by atoms with van der Waals surface area (Å²) in [5.74, 6) is -9.57. The molecule has 1 rings (SSSR count). The molecule has 0 aliphatic carbocycles. The van der Waals surface area contributed by atoms with Crippen molar-refractivity contribution >= 4 is 13.8 Å². The van der Waals surface area contributed by atoms with Gasteiger partial charge in [-0.25, -0.2) is 22.0 Å². The second kappa shape index (κ2) is 7.24. The summed E-state index contributed by atoms with van der Waals surface area (Å²) in [7, 11) is -1.51. The summed E-state index contributed by atoms with van der Waals surface area (Å²) in [6.07, 6.45) is 0. The quantitative estimate of drug-likeness (QED) is 0.310. The van der Waals surface area contributed by atoms with Gasteiger partial charge in [0.25, 0.3) is 0 Å². The lowest BCUT2D eigenvalue weighted by molar-refractivity contribution is 0.381. The van der Waals surface area contributed by atoms with E-state index in [0.29, 0.717) is 0 Å². The van der Waals surface area contributed by atoms with E-state index in [2.05, 4.69) is 26.1 Å².